The van der Waals surface area contributed by atoms with E-state index in [9.17, 15) is 4.79 Å². The molecule has 2 N–H and O–H groups in total. The second-order valence-corrected chi connectivity index (χ2v) is 5.55. The molecule has 0 spiro atoms. The molecule has 0 bridgehead atoms. The number of aryl methyl sites for hydroxylation is 2. The van der Waals surface area contributed by atoms with Gasteiger partial charge in [0.1, 0.15) is 0 Å². The zero-order valence-corrected chi connectivity index (χ0v) is 12.7. The monoisotopic (exact) mass is 262 g/mol. The number of carbonyl (C=O) groups is 1. The van der Waals surface area contributed by atoms with Crippen molar-refractivity contribution in [1.29, 1.82) is 0 Å². The second-order valence-electron chi connectivity index (χ2n) is 5.55. The summed E-state index contributed by atoms with van der Waals surface area (Å²) in [6.45, 7) is 9.24. The minimum absolute atomic E-state index is 0.0694. The Balaban J connectivity index is 2.73. The van der Waals surface area contributed by atoms with Gasteiger partial charge in [-0.25, -0.2) is 0 Å². The fraction of sp³-hybridized carbons (Fsp3) is 0.562. The number of amides is 1. The quantitative estimate of drug-likeness (QED) is 0.827. The predicted octanol–water partition coefficient (Wildman–Crippen LogP) is 2.55. The molecule has 0 aliphatic carbocycles. The molecular weight excluding hydrogens is 236 g/mol. The molecule has 0 saturated carbocycles. The Morgan fingerprint density at radius 3 is 2.26 bits per heavy atom. The van der Waals surface area contributed by atoms with Crippen LogP contribution in [-0.4, -0.2) is 19.0 Å². The third kappa shape index (κ3) is 4.67. The average Bonchev–Trinajstić information content (AvgIpc) is 2.35. The summed E-state index contributed by atoms with van der Waals surface area (Å²) in [5.41, 5.74) is 3.83. The van der Waals surface area contributed by atoms with Gasteiger partial charge in [-0.15, -0.1) is 0 Å². The zero-order chi connectivity index (χ0) is 14.4. The van der Waals surface area contributed by atoms with Crippen LogP contribution in [0.4, 0.5) is 0 Å². The minimum Gasteiger partial charge on any atom is -0.358 e. The van der Waals surface area contributed by atoms with Gasteiger partial charge in [-0.2, -0.15) is 0 Å². The summed E-state index contributed by atoms with van der Waals surface area (Å²) in [4.78, 5) is 11.9. The molecule has 3 nitrogen and oxygen atoms in total. The highest BCUT2D eigenvalue weighted by Crippen LogP contribution is 2.14. The first kappa shape index (κ1) is 15.7. The second kappa shape index (κ2) is 7.29. The van der Waals surface area contributed by atoms with Crippen molar-refractivity contribution in [3.8, 4) is 0 Å². The van der Waals surface area contributed by atoms with Crippen molar-refractivity contribution in [3.63, 3.8) is 0 Å². The van der Waals surface area contributed by atoms with Gasteiger partial charge in [0.15, 0.2) is 0 Å². The highest BCUT2D eigenvalue weighted by atomic mass is 16.2. The van der Waals surface area contributed by atoms with E-state index in [2.05, 4.69) is 56.5 Å². The number of nitrogens with one attached hydrogen (secondary N) is 2. The molecule has 1 aromatic carbocycles. The van der Waals surface area contributed by atoms with Gasteiger partial charge in [0.05, 0.1) is 6.04 Å². The molecule has 1 aromatic rings. The molecule has 1 rings (SSSR count). The molecule has 0 aliphatic heterocycles. The van der Waals surface area contributed by atoms with Crippen molar-refractivity contribution in [2.75, 3.05) is 7.05 Å². The maximum atomic E-state index is 11.9. The molecule has 0 radical (unpaired) electrons. The largest absolute Gasteiger partial charge is 0.358 e. The highest BCUT2D eigenvalue weighted by molar-refractivity contribution is 5.81. The molecule has 1 atom stereocenters. The summed E-state index contributed by atoms with van der Waals surface area (Å²) >= 11 is 0. The van der Waals surface area contributed by atoms with E-state index in [4.69, 9.17) is 0 Å². The predicted molar refractivity (Wildman–Crippen MR) is 80.1 cm³/mol. The summed E-state index contributed by atoms with van der Waals surface area (Å²) in [6, 6.07) is 6.17. The minimum atomic E-state index is -0.121. The van der Waals surface area contributed by atoms with E-state index in [-0.39, 0.29) is 11.9 Å². The summed E-state index contributed by atoms with van der Waals surface area (Å²) in [5, 5.41) is 6.12. The van der Waals surface area contributed by atoms with Crippen molar-refractivity contribution >= 4 is 5.91 Å². The summed E-state index contributed by atoms with van der Waals surface area (Å²) in [7, 11) is 1.69. The van der Waals surface area contributed by atoms with Crippen molar-refractivity contribution in [3.05, 3.63) is 34.9 Å². The summed E-state index contributed by atoms with van der Waals surface area (Å²) < 4.78 is 0. The third-order valence-electron chi connectivity index (χ3n) is 3.44. The number of carbonyl (C=O) groups excluding carboxylic acids is 1. The molecular formula is C16H26N2O. The lowest BCUT2D eigenvalue weighted by Gasteiger charge is -2.20. The molecule has 1 amide bonds. The van der Waals surface area contributed by atoms with Crippen molar-refractivity contribution < 1.29 is 4.79 Å². The van der Waals surface area contributed by atoms with Crippen LogP contribution >= 0.6 is 0 Å². The van der Waals surface area contributed by atoms with E-state index < -0.39 is 0 Å². The van der Waals surface area contributed by atoms with Crippen LogP contribution in [0.2, 0.25) is 0 Å². The lowest BCUT2D eigenvalue weighted by Crippen LogP contribution is -2.43. The summed E-state index contributed by atoms with van der Waals surface area (Å²) in [5.74, 6) is 0.563. The number of rotatable bonds is 6. The maximum Gasteiger partial charge on any atom is 0.236 e. The number of likely N-dealkylation sites (N-methyl/N-ethyl adjacent to an activating group) is 1. The molecule has 0 heterocycles. The van der Waals surface area contributed by atoms with Crippen LogP contribution in [0.25, 0.3) is 0 Å². The van der Waals surface area contributed by atoms with Gasteiger partial charge >= 0.3 is 0 Å². The van der Waals surface area contributed by atoms with E-state index in [0.29, 0.717) is 5.92 Å². The van der Waals surface area contributed by atoms with E-state index >= 15 is 0 Å². The van der Waals surface area contributed by atoms with Crippen molar-refractivity contribution in [2.45, 2.75) is 46.7 Å². The Morgan fingerprint density at radius 1 is 1.21 bits per heavy atom. The molecule has 1 unspecified atom stereocenters. The number of hydrogen-bond acceptors (Lipinski definition) is 2. The van der Waals surface area contributed by atoms with Gasteiger partial charge in [-0.05, 0) is 42.9 Å². The zero-order valence-electron chi connectivity index (χ0n) is 12.7. The van der Waals surface area contributed by atoms with E-state index in [1.807, 2.05) is 0 Å². The topological polar surface area (TPSA) is 41.1 Å². The van der Waals surface area contributed by atoms with Crippen LogP contribution in [0.5, 0.6) is 0 Å². The fourth-order valence-electron chi connectivity index (χ4n) is 2.28. The van der Waals surface area contributed by atoms with Crippen molar-refractivity contribution in [2.24, 2.45) is 5.92 Å². The Morgan fingerprint density at radius 2 is 1.79 bits per heavy atom. The van der Waals surface area contributed by atoms with Gasteiger partial charge in [-0.3, -0.25) is 4.79 Å². The van der Waals surface area contributed by atoms with Crippen LogP contribution in [0.15, 0.2) is 18.2 Å². The van der Waals surface area contributed by atoms with Crippen LogP contribution in [-0.2, 0) is 11.3 Å². The first-order valence-electron chi connectivity index (χ1n) is 6.95. The average molecular weight is 262 g/mol. The van der Waals surface area contributed by atoms with Crippen LogP contribution in [0.1, 0.15) is 37.0 Å². The van der Waals surface area contributed by atoms with E-state index in [1.165, 1.54) is 16.7 Å². The summed E-state index contributed by atoms with van der Waals surface area (Å²) in [6.07, 6.45) is 0.852. The Labute approximate surface area is 116 Å². The van der Waals surface area contributed by atoms with Gasteiger partial charge in [-0.1, -0.05) is 32.0 Å². The molecule has 19 heavy (non-hydrogen) atoms. The molecule has 0 fully saturated rings. The first-order chi connectivity index (χ1) is 8.95. The molecule has 106 valence electrons. The Kier molecular flexibility index (Phi) is 6.03. The maximum absolute atomic E-state index is 11.9. The van der Waals surface area contributed by atoms with Gasteiger partial charge in [0, 0.05) is 13.6 Å². The molecule has 0 aliphatic rings. The normalized spacial score (nSPS) is 12.5. The Hall–Kier alpha value is -1.35. The van der Waals surface area contributed by atoms with Gasteiger partial charge < -0.3 is 10.6 Å². The third-order valence-corrected chi connectivity index (χ3v) is 3.44. The number of hydrogen-bond donors (Lipinski definition) is 2. The van der Waals surface area contributed by atoms with Crippen LogP contribution in [0.3, 0.4) is 0 Å². The first-order valence-corrected chi connectivity index (χ1v) is 6.95. The van der Waals surface area contributed by atoms with Gasteiger partial charge in [0.2, 0.25) is 5.91 Å². The number of benzene rings is 1. The standard InChI is InChI=1S/C16H26N2O/c1-11(2)9-15(16(19)17-5)18-10-14-12(3)7-6-8-13(14)4/h6-8,11,15,18H,9-10H2,1-5H3,(H,17,19). The SMILES string of the molecule is CNC(=O)C(CC(C)C)NCc1c(C)cccc1C. The molecule has 3 heteroatoms. The lowest BCUT2D eigenvalue weighted by atomic mass is 10.0. The van der Waals surface area contributed by atoms with E-state index in [0.717, 1.165) is 13.0 Å². The lowest BCUT2D eigenvalue weighted by molar-refractivity contribution is -0.123. The highest BCUT2D eigenvalue weighted by Gasteiger charge is 2.18. The van der Waals surface area contributed by atoms with E-state index in [1.54, 1.807) is 7.05 Å². The Bertz CT molecular complexity index is 407. The van der Waals surface area contributed by atoms with Crippen molar-refractivity contribution in [1.82, 2.24) is 10.6 Å². The van der Waals surface area contributed by atoms with Crippen LogP contribution < -0.4 is 10.6 Å². The fourth-order valence-corrected chi connectivity index (χ4v) is 2.28. The smallest absolute Gasteiger partial charge is 0.236 e. The van der Waals surface area contributed by atoms with Gasteiger partial charge in [0.25, 0.3) is 0 Å². The van der Waals surface area contributed by atoms with Crippen LogP contribution in [0, 0.1) is 19.8 Å². The molecule has 0 saturated heterocycles. The molecule has 0 aromatic heterocycles.